The van der Waals surface area contributed by atoms with E-state index < -0.39 is 6.10 Å². The number of rotatable bonds is 7. The van der Waals surface area contributed by atoms with Crippen molar-refractivity contribution in [3.63, 3.8) is 0 Å². The Hall–Kier alpha value is -4.24. The second-order valence-corrected chi connectivity index (χ2v) is 9.51. The van der Waals surface area contributed by atoms with Crippen molar-refractivity contribution in [2.75, 3.05) is 36.0 Å². The van der Waals surface area contributed by atoms with Gasteiger partial charge in [-0.05, 0) is 30.0 Å². The first kappa shape index (κ1) is 23.2. The molecule has 1 fully saturated rings. The van der Waals surface area contributed by atoms with E-state index in [0.29, 0.717) is 6.42 Å². The Morgan fingerprint density at radius 3 is 2.30 bits per heavy atom. The first-order valence-corrected chi connectivity index (χ1v) is 12.6. The zero-order valence-electron chi connectivity index (χ0n) is 20.9. The normalized spacial score (nSPS) is 14.9. The SMILES string of the molecule is Cn1cc(-c2ccc3c(N4CCN(c5ncc(CCC(O)c6ccccc6)cn5)CC4)cnn3c2)cn1. The van der Waals surface area contributed by atoms with Crippen LogP contribution in [0.5, 0.6) is 0 Å². The molecule has 0 aliphatic carbocycles. The van der Waals surface area contributed by atoms with Gasteiger partial charge < -0.3 is 14.9 Å². The van der Waals surface area contributed by atoms with Gasteiger partial charge in [0, 0.05) is 69.1 Å². The molecular weight excluding hydrogens is 464 g/mol. The van der Waals surface area contributed by atoms with E-state index in [1.165, 1.54) is 0 Å². The molecule has 4 aromatic heterocycles. The highest BCUT2D eigenvalue weighted by atomic mass is 16.3. The van der Waals surface area contributed by atoms with Crippen LogP contribution in [0.3, 0.4) is 0 Å². The lowest BCUT2D eigenvalue weighted by Gasteiger charge is -2.35. The minimum Gasteiger partial charge on any atom is -0.388 e. The third-order valence-electron chi connectivity index (χ3n) is 7.02. The zero-order chi connectivity index (χ0) is 25.2. The number of hydrogen-bond donors (Lipinski definition) is 1. The summed E-state index contributed by atoms with van der Waals surface area (Å²) in [7, 11) is 1.92. The van der Waals surface area contributed by atoms with E-state index in [4.69, 9.17) is 0 Å². The van der Waals surface area contributed by atoms with Crippen molar-refractivity contribution in [2.24, 2.45) is 7.05 Å². The molecule has 1 atom stereocenters. The molecule has 1 N–H and O–H groups in total. The molecule has 188 valence electrons. The summed E-state index contributed by atoms with van der Waals surface area (Å²) in [4.78, 5) is 13.8. The Balaban J connectivity index is 1.06. The predicted molar refractivity (Wildman–Crippen MR) is 144 cm³/mol. The highest BCUT2D eigenvalue weighted by Gasteiger charge is 2.22. The quantitative estimate of drug-likeness (QED) is 0.370. The Labute approximate surface area is 215 Å². The largest absolute Gasteiger partial charge is 0.388 e. The number of aliphatic hydroxyl groups is 1. The Morgan fingerprint density at radius 1 is 0.811 bits per heavy atom. The Bertz CT molecular complexity index is 1470. The van der Waals surface area contributed by atoms with Crippen molar-refractivity contribution in [2.45, 2.75) is 18.9 Å². The molecule has 1 unspecified atom stereocenters. The van der Waals surface area contributed by atoms with Gasteiger partial charge in [0.2, 0.25) is 5.95 Å². The summed E-state index contributed by atoms with van der Waals surface area (Å²) in [5, 5.41) is 19.3. The molecule has 0 saturated carbocycles. The van der Waals surface area contributed by atoms with Gasteiger partial charge in [-0.25, -0.2) is 14.5 Å². The number of aromatic nitrogens is 6. The van der Waals surface area contributed by atoms with E-state index in [-0.39, 0.29) is 0 Å². The van der Waals surface area contributed by atoms with E-state index in [2.05, 4.69) is 48.3 Å². The topological polar surface area (TPSA) is 87.6 Å². The maximum absolute atomic E-state index is 10.4. The third-order valence-corrected chi connectivity index (χ3v) is 7.02. The number of pyridine rings is 1. The van der Waals surface area contributed by atoms with Crippen LogP contribution in [0.4, 0.5) is 11.6 Å². The Kier molecular flexibility index (Phi) is 6.28. The lowest BCUT2D eigenvalue weighted by molar-refractivity contribution is 0.168. The van der Waals surface area contributed by atoms with Gasteiger partial charge in [-0.15, -0.1) is 0 Å². The highest BCUT2D eigenvalue weighted by molar-refractivity contribution is 5.75. The van der Waals surface area contributed by atoms with Crippen LogP contribution >= 0.6 is 0 Å². The lowest BCUT2D eigenvalue weighted by Crippen LogP contribution is -2.47. The van der Waals surface area contributed by atoms with Gasteiger partial charge in [0.15, 0.2) is 0 Å². The smallest absolute Gasteiger partial charge is 0.225 e. The second-order valence-electron chi connectivity index (χ2n) is 9.51. The van der Waals surface area contributed by atoms with Crippen molar-refractivity contribution in [1.29, 1.82) is 0 Å². The van der Waals surface area contributed by atoms with Gasteiger partial charge in [-0.1, -0.05) is 36.4 Å². The monoisotopic (exact) mass is 494 g/mol. The highest BCUT2D eigenvalue weighted by Crippen LogP contribution is 2.27. The van der Waals surface area contributed by atoms with Gasteiger partial charge in [-0.2, -0.15) is 10.2 Å². The minimum absolute atomic E-state index is 0.476. The van der Waals surface area contributed by atoms with E-state index in [1.807, 2.05) is 72.9 Å². The van der Waals surface area contributed by atoms with Crippen LogP contribution in [-0.2, 0) is 13.5 Å². The number of nitrogens with zero attached hydrogens (tertiary/aromatic N) is 8. The molecule has 1 saturated heterocycles. The van der Waals surface area contributed by atoms with Crippen LogP contribution in [0.1, 0.15) is 23.7 Å². The molecule has 0 bridgehead atoms. The number of anilines is 2. The van der Waals surface area contributed by atoms with Crippen LogP contribution in [0.15, 0.2) is 79.6 Å². The first-order chi connectivity index (χ1) is 18.1. The van der Waals surface area contributed by atoms with Crippen LogP contribution in [0, 0.1) is 0 Å². The van der Waals surface area contributed by atoms with Gasteiger partial charge in [-0.3, -0.25) is 4.68 Å². The standard InChI is InChI=1S/C28H30N8O/c1-33-19-24(17-31-33)23-8-9-25-26(18-32-36(25)20-23)34-11-13-35(14-12-34)28-29-15-21(16-30-28)7-10-27(37)22-5-3-2-4-6-22/h2-6,8-9,15-20,27,37H,7,10-14H2,1H3. The van der Waals surface area contributed by atoms with Crippen molar-refractivity contribution in [1.82, 2.24) is 29.4 Å². The maximum Gasteiger partial charge on any atom is 0.225 e. The molecule has 5 heterocycles. The lowest BCUT2D eigenvalue weighted by atomic mass is 10.0. The molecule has 1 aliphatic heterocycles. The Morgan fingerprint density at radius 2 is 1.57 bits per heavy atom. The number of aryl methyl sites for hydroxylation is 2. The second kappa shape index (κ2) is 10.0. The predicted octanol–water partition coefficient (Wildman–Crippen LogP) is 3.52. The van der Waals surface area contributed by atoms with Gasteiger partial charge >= 0.3 is 0 Å². The molecule has 5 aromatic rings. The van der Waals surface area contributed by atoms with E-state index >= 15 is 0 Å². The van der Waals surface area contributed by atoms with Crippen molar-refractivity contribution in [3.8, 4) is 11.1 Å². The number of piperazine rings is 1. The summed E-state index contributed by atoms with van der Waals surface area (Å²) >= 11 is 0. The third kappa shape index (κ3) is 4.90. The van der Waals surface area contributed by atoms with Crippen LogP contribution in [0.2, 0.25) is 0 Å². The number of benzene rings is 1. The summed E-state index contributed by atoms with van der Waals surface area (Å²) in [6.45, 7) is 3.44. The first-order valence-electron chi connectivity index (χ1n) is 12.6. The number of hydrogen-bond acceptors (Lipinski definition) is 7. The summed E-state index contributed by atoms with van der Waals surface area (Å²) < 4.78 is 3.75. The molecule has 0 spiro atoms. The average Bonchev–Trinajstić information content (AvgIpc) is 3.58. The molecule has 1 aliphatic rings. The molecule has 6 rings (SSSR count). The van der Waals surface area contributed by atoms with Gasteiger partial charge in [0.1, 0.15) is 0 Å². The average molecular weight is 495 g/mol. The van der Waals surface area contributed by atoms with Crippen molar-refractivity contribution >= 4 is 17.2 Å². The van der Waals surface area contributed by atoms with Crippen molar-refractivity contribution in [3.05, 3.63) is 90.8 Å². The van der Waals surface area contributed by atoms with E-state index in [9.17, 15) is 5.11 Å². The number of fused-ring (bicyclic) bond motifs is 1. The van der Waals surface area contributed by atoms with Crippen LogP contribution in [-0.4, -0.2) is 60.6 Å². The fourth-order valence-corrected chi connectivity index (χ4v) is 4.89. The maximum atomic E-state index is 10.4. The summed E-state index contributed by atoms with van der Waals surface area (Å²) in [5.41, 5.74) is 6.39. The van der Waals surface area contributed by atoms with E-state index in [1.54, 1.807) is 4.68 Å². The fourth-order valence-electron chi connectivity index (χ4n) is 4.89. The van der Waals surface area contributed by atoms with Crippen LogP contribution in [0.25, 0.3) is 16.6 Å². The van der Waals surface area contributed by atoms with E-state index in [0.717, 1.165) is 72.0 Å². The van der Waals surface area contributed by atoms with Crippen molar-refractivity contribution < 1.29 is 5.11 Å². The molecule has 0 amide bonds. The molecule has 37 heavy (non-hydrogen) atoms. The van der Waals surface area contributed by atoms with Gasteiger partial charge in [0.05, 0.1) is 29.7 Å². The molecule has 0 radical (unpaired) electrons. The molecular formula is C28H30N8O. The summed E-state index contributed by atoms with van der Waals surface area (Å²) in [5.74, 6) is 0.757. The molecule has 1 aromatic carbocycles. The zero-order valence-corrected chi connectivity index (χ0v) is 20.9. The molecule has 9 heteroatoms. The minimum atomic E-state index is -0.476. The van der Waals surface area contributed by atoms with Gasteiger partial charge in [0.25, 0.3) is 0 Å². The molecule has 9 nitrogen and oxygen atoms in total. The fraction of sp³-hybridized carbons (Fsp3) is 0.286. The number of aliphatic hydroxyl groups excluding tert-OH is 1. The summed E-state index contributed by atoms with van der Waals surface area (Å²) in [6.07, 6.45) is 12.6. The van der Waals surface area contributed by atoms with Crippen LogP contribution < -0.4 is 9.80 Å². The summed E-state index contributed by atoms with van der Waals surface area (Å²) in [6, 6.07) is 14.0.